The molecule has 0 saturated heterocycles. The Bertz CT molecular complexity index is 162. The van der Waals surface area contributed by atoms with Crippen LogP contribution in [0.25, 0.3) is 0 Å². The van der Waals surface area contributed by atoms with Gasteiger partial charge in [0.05, 0.1) is 8.07 Å². The first-order valence-corrected chi connectivity index (χ1v) is 9.22. The molecule has 0 aliphatic heterocycles. The molecule has 0 radical (unpaired) electrons. The van der Waals surface area contributed by atoms with E-state index in [1.54, 1.807) is 0 Å². The van der Waals surface area contributed by atoms with Gasteiger partial charge in [0, 0.05) is 5.73 Å². The van der Waals surface area contributed by atoms with Gasteiger partial charge < -0.3 is 5.11 Å². The van der Waals surface area contributed by atoms with Crippen LogP contribution in [0.4, 0.5) is 0 Å². The van der Waals surface area contributed by atoms with Crippen molar-refractivity contribution in [1.82, 2.24) is 0 Å². The summed E-state index contributed by atoms with van der Waals surface area (Å²) in [6.45, 7) is 9.05. The Balaban J connectivity index is 2.26. The average molecular weight is 200 g/mol. The molecule has 1 fully saturated rings. The minimum atomic E-state index is -1.29. The predicted octanol–water partition coefficient (Wildman–Crippen LogP) is 3.05. The van der Waals surface area contributed by atoms with Gasteiger partial charge in [-0.2, -0.15) is 0 Å². The molecule has 13 heavy (non-hydrogen) atoms. The summed E-state index contributed by atoms with van der Waals surface area (Å²) in [6, 6.07) is 0. The van der Waals surface area contributed by atoms with Gasteiger partial charge in [-0.25, -0.2) is 0 Å². The van der Waals surface area contributed by atoms with Crippen LogP contribution in [0, 0.1) is 11.8 Å². The minimum Gasteiger partial charge on any atom is -0.396 e. The highest BCUT2D eigenvalue weighted by atomic mass is 28.3. The molecule has 1 nitrogen and oxygen atoms in total. The lowest BCUT2D eigenvalue weighted by atomic mass is 10.1. The second-order valence-corrected chi connectivity index (χ2v) is 10.9. The minimum absolute atomic E-state index is 0.0503. The second-order valence-electron chi connectivity index (χ2n) is 5.61. The van der Waals surface area contributed by atoms with Gasteiger partial charge in [-0.3, -0.25) is 0 Å². The highest BCUT2D eigenvalue weighted by Crippen LogP contribution is 2.46. The summed E-state index contributed by atoms with van der Waals surface area (Å²) in [6.07, 6.45) is 5.29. The van der Waals surface area contributed by atoms with Crippen LogP contribution in [0.2, 0.25) is 19.6 Å². The van der Waals surface area contributed by atoms with Crippen molar-refractivity contribution in [3.05, 3.63) is 0 Å². The summed E-state index contributed by atoms with van der Waals surface area (Å²) >= 11 is 0. The highest BCUT2D eigenvalue weighted by molar-refractivity contribution is 6.77. The number of hydrogen-bond donors (Lipinski definition) is 1. The number of aliphatic hydroxyl groups excluding tert-OH is 1. The first kappa shape index (κ1) is 11.3. The molecule has 78 valence electrons. The third-order valence-electron chi connectivity index (χ3n) is 3.20. The quantitative estimate of drug-likeness (QED) is 0.676. The van der Waals surface area contributed by atoms with Crippen molar-refractivity contribution >= 4 is 8.07 Å². The van der Waals surface area contributed by atoms with Gasteiger partial charge in [0.2, 0.25) is 0 Å². The van der Waals surface area contributed by atoms with Gasteiger partial charge in [-0.05, 0) is 18.3 Å². The standard InChI is InChI=1S/C11H24OSi/c1-5-6-7-9-8-10(9)11(12)13(2,3)4/h9-12H,5-8H2,1-4H3/t9-,10+,11?/m0/s1. The zero-order chi connectivity index (χ0) is 10.1. The molecule has 0 aromatic carbocycles. The summed E-state index contributed by atoms with van der Waals surface area (Å²) in [5, 5.41) is 10.1. The SMILES string of the molecule is CCCC[C@H]1C[C@H]1C(O)[Si](C)(C)C. The first-order valence-electron chi connectivity index (χ1n) is 5.65. The Labute approximate surface area is 83.6 Å². The van der Waals surface area contributed by atoms with E-state index in [9.17, 15) is 5.11 Å². The molecule has 0 amide bonds. The van der Waals surface area contributed by atoms with Crippen LogP contribution in [-0.4, -0.2) is 18.9 Å². The van der Waals surface area contributed by atoms with Crippen molar-refractivity contribution in [2.45, 2.75) is 58.0 Å². The van der Waals surface area contributed by atoms with Crippen LogP contribution in [0.15, 0.2) is 0 Å². The Morgan fingerprint density at radius 3 is 2.46 bits per heavy atom. The maximum Gasteiger partial charge on any atom is 0.0785 e. The average Bonchev–Trinajstić information content (AvgIpc) is 2.76. The van der Waals surface area contributed by atoms with Crippen molar-refractivity contribution in [2.75, 3.05) is 0 Å². The van der Waals surface area contributed by atoms with E-state index in [4.69, 9.17) is 0 Å². The van der Waals surface area contributed by atoms with Crippen LogP contribution in [-0.2, 0) is 0 Å². The molecule has 0 aromatic rings. The molecule has 0 aromatic heterocycles. The lowest BCUT2D eigenvalue weighted by molar-refractivity contribution is 0.212. The summed E-state index contributed by atoms with van der Waals surface area (Å²) < 4.78 is 0. The zero-order valence-corrected chi connectivity index (χ0v) is 10.5. The molecular weight excluding hydrogens is 176 g/mol. The third kappa shape index (κ3) is 3.10. The Morgan fingerprint density at radius 2 is 2.00 bits per heavy atom. The van der Waals surface area contributed by atoms with Crippen LogP contribution < -0.4 is 0 Å². The predicted molar refractivity (Wildman–Crippen MR) is 60.5 cm³/mol. The Hall–Kier alpha value is 0.177. The fourth-order valence-corrected chi connectivity index (χ4v) is 3.79. The molecule has 2 heteroatoms. The molecule has 3 atom stereocenters. The highest BCUT2D eigenvalue weighted by Gasteiger charge is 2.46. The van der Waals surface area contributed by atoms with Crippen LogP contribution in [0.5, 0.6) is 0 Å². The molecule has 1 rings (SSSR count). The van der Waals surface area contributed by atoms with Crippen molar-refractivity contribution in [1.29, 1.82) is 0 Å². The number of hydrogen-bond acceptors (Lipinski definition) is 1. The van der Waals surface area contributed by atoms with Gasteiger partial charge in [0.1, 0.15) is 0 Å². The first-order chi connectivity index (χ1) is 5.96. The molecule has 0 heterocycles. The smallest absolute Gasteiger partial charge is 0.0785 e. The number of unbranched alkanes of at least 4 members (excludes halogenated alkanes) is 1. The molecule has 1 N–H and O–H groups in total. The van der Waals surface area contributed by atoms with E-state index < -0.39 is 8.07 Å². The van der Waals surface area contributed by atoms with Gasteiger partial charge in [-0.1, -0.05) is 45.8 Å². The number of rotatable bonds is 5. The van der Waals surface area contributed by atoms with E-state index in [-0.39, 0.29) is 5.73 Å². The maximum absolute atomic E-state index is 10.1. The molecule has 0 spiro atoms. The van der Waals surface area contributed by atoms with Gasteiger partial charge in [-0.15, -0.1) is 0 Å². The summed E-state index contributed by atoms with van der Waals surface area (Å²) in [5.41, 5.74) is 0.0503. The molecular formula is C11H24OSi. The topological polar surface area (TPSA) is 20.2 Å². The third-order valence-corrected chi connectivity index (χ3v) is 5.40. The van der Waals surface area contributed by atoms with Crippen LogP contribution in [0.3, 0.4) is 0 Å². The second kappa shape index (κ2) is 4.14. The lowest BCUT2D eigenvalue weighted by Gasteiger charge is -2.24. The van der Waals surface area contributed by atoms with Gasteiger partial charge >= 0.3 is 0 Å². The van der Waals surface area contributed by atoms with E-state index >= 15 is 0 Å². The lowest BCUT2D eigenvalue weighted by Crippen LogP contribution is -2.40. The van der Waals surface area contributed by atoms with Crippen molar-refractivity contribution in [2.24, 2.45) is 11.8 Å². The molecule has 1 aliphatic rings. The van der Waals surface area contributed by atoms with E-state index in [0.717, 1.165) is 5.92 Å². The van der Waals surface area contributed by atoms with E-state index in [0.29, 0.717) is 5.92 Å². The summed E-state index contributed by atoms with van der Waals surface area (Å²) in [4.78, 5) is 0. The molecule has 0 bridgehead atoms. The normalized spacial score (nSPS) is 30.2. The van der Waals surface area contributed by atoms with E-state index in [1.807, 2.05) is 0 Å². The summed E-state index contributed by atoms with van der Waals surface area (Å²) in [5.74, 6) is 1.53. The van der Waals surface area contributed by atoms with E-state index in [2.05, 4.69) is 26.6 Å². The Kier molecular flexibility index (Phi) is 3.58. The van der Waals surface area contributed by atoms with Crippen LogP contribution >= 0.6 is 0 Å². The molecule has 1 saturated carbocycles. The van der Waals surface area contributed by atoms with Crippen LogP contribution in [0.1, 0.15) is 32.6 Å². The van der Waals surface area contributed by atoms with Crippen molar-refractivity contribution in [3.63, 3.8) is 0 Å². The Morgan fingerprint density at radius 1 is 1.38 bits per heavy atom. The number of aliphatic hydroxyl groups is 1. The largest absolute Gasteiger partial charge is 0.396 e. The fraction of sp³-hybridized carbons (Fsp3) is 1.00. The van der Waals surface area contributed by atoms with Gasteiger partial charge in [0.15, 0.2) is 0 Å². The van der Waals surface area contributed by atoms with E-state index in [1.165, 1.54) is 25.7 Å². The maximum atomic E-state index is 10.1. The van der Waals surface area contributed by atoms with Crippen molar-refractivity contribution < 1.29 is 5.11 Å². The molecule has 1 unspecified atom stereocenters. The zero-order valence-electron chi connectivity index (χ0n) is 9.51. The van der Waals surface area contributed by atoms with Crippen molar-refractivity contribution in [3.8, 4) is 0 Å². The fourth-order valence-electron chi connectivity index (χ4n) is 2.10. The summed E-state index contributed by atoms with van der Waals surface area (Å²) in [7, 11) is -1.29. The molecule has 1 aliphatic carbocycles. The monoisotopic (exact) mass is 200 g/mol. The van der Waals surface area contributed by atoms with Gasteiger partial charge in [0.25, 0.3) is 0 Å².